The van der Waals surface area contributed by atoms with Crippen LogP contribution in [0.2, 0.25) is 0 Å². The van der Waals surface area contributed by atoms with Crippen LogP contribution in [0.1, 0.15) is 25.3 Å². The summed E-state index contributed by atoms with van der Waals surface area (Å²) in [4.78, 5) is 13.6. The van der Waals surface area contributed by atoms with E-state index in [0.29, 0.717) is 6.04 Å². The van der Waals surface area contributed by atoms with Gasteiger partial charge in [0.25, 0.3) is 0 Å². The van der Waals surface area contributed by atoms with Crippen LogP contribution < -0.4 is 10.2 Å². The molecule has 1 unspecified atom stereocenters. The molecule has 5 heteroatoms. The number of aromatic nitrogens is 2. The number of likely N-dealkylation sites (N-methyl/N-ethyl adjacent to an activating group) is 1. The van der Waals surface area contributed by atoms with Crippen molar-refractivity contribution in [2.24, 2.45) is 0 Å². The summed E-state index contributed by atoms with van der Waals surface area (Å²) in [5.41, 5.74) is 1.26. The van der Waals surface area contributed by atoms with Gasteiger partial charge >= 0.3 is 0 Å². The number of hydrogen-bond donors (Lipinski definition) is 1. The first-order valence-corrected chi connectivity index (χ1v) is 7.10. The van der Waals surface area contributed by atoms with E-state index in [0.717, 1.165) is 37.6 Å². The van der Waals surface area contributed by atoms with Crippen molar-refractivity contribution in [3.8, 4) is 0 Å². The molecule has 1 aromatic heterocycles. The Morgan fingerprint density at radius 1 is 1.42 bits per heavy atom. The van der Waals surface area contributed by atoms with Crippen molar-refractivity contribution in [3.63, 3.8) is 0 Å². The van der Waals surface area contributed by atoms with Crippen LogP contribution in [0.15, 0.2) is 6.33 Å². The van der Waals surface area contributed by atoms with Crippen LogP contribution in [0.4, 0.5) is 11.6 Å². The van der Waals surface area contributed by atoms with E-state index >= 15 is 0 Å². The molecule has 106 valence electrons. The van der Waals surface area contributed by atoms with Gasteiger partial charge in [-0.25, -0.2) is 9.97 Å². The second kappa shape index (κ2) is 6.19. The van der Waals surface area contributed by atoms with Gasteiger partial charge in [-0.05, 0) is 26.9 Å². The number of anilines is 2. The molecular formula is C14H25N5. The third-order valence-corrected chi connectivity index (χ3v) is 3.85. The summed E-state index contributed by atoms with van der Waals surface area (Å²) in [6.07, 6.45) is 5.01. The summed E-state index contributed by atoms with van der Waals surface area (Å²) in [5, 5.41) is 3.19. The Bertz CT molecular complexity index is 418. The van der Waals surface area contributed by atoms with Crippen molar-refractivity contribution in [1.29, 1.82) is 0 Å². The lowest BCUT2D eigenvalue weighted by Gasteiger charge is -2.23. The third-order valence-electron chi connectivity index (χ3n) is 3.85. The first-order chi connectivity index (χ1) is 9.17. The smallest absolute Gasteiger partial charge is 0.137 e. The molecule has 1 aliphatic heterocycles. The lowest BCUT2D eigenvalue weighted by molar-refractivity contribution is 0.315. The normalized spacial score (nSPS) is 19.2. The molecule has 1 aliphatic rings. The van der Waals surface area contributed by atoms with Gasteiger partial charge in [0.1, 0.15) is 18.0 Å². The molecule has 0 bridgehead atoms. The van der Waals surface area contributed by atoms with E-state index in [1.54, 1.807) is 6.33 Å². The second-order valence-corrected chi connectivity index (χ2v) is 5.38. The molecule has 1 N–H and O–H groups in total. The SMILES string of the molecule is CCCc1c(NC)ncnc1N1CCC(N(C)C)C1. The molecule has 0 aromatic carbocycles. The maximum Gasteiger partial charge on any atom is 0.137 e. The van der Waals surface area contributed by atoms with Crippen molar-refractivity contribution >= 4 is 11.6 Å². The van der Waals surface area contributed by atoms with Crippen molar-refractivity contribution in [2.45, 2.75) is 32.2 Å². The molecule has 0 radical (unpaired) electrons. The zero-order chi connectivity index (χ0) is 13.8. The summed E-state index contributed by atoms with van der Waals surface area (Å²) in [5.74, 6) is 2.09. The number of rotatable bonds is 5. The molecule has 19 heavy (non-hydrogen) atoms. The van der Waals surface area contributed by atoms with Gasteiger partial charge in [0, 0.05) is 31.7 Å². The minimum atomic E-state index is 0.627. The van der Waals surface area contributed by atoms with Crippen LogP contribution in [0.5, 0.6) is 0 Å². The van der Waals surface area contributed by atoms with Crippen LogP contribution in [-0.2, 0) is 6.42 Å². The van der Waals surface area contributed by atoms with Crippen LogP contribution in [0, 0.1) is 0 Å². The second-order valence-electron chi connectivity index (χ2n) is 5.38. The van der Waals surface area contributed by atoms with Crippen LogP contribution in [-0.4, -0.2) is 55.1 Å². The van der Waals surface area contributed by atoms with Gasteiger partial charge in [-0.15, -0.1) is 0 Å². The number of hydrogen-bond acceptors (Lipinski definition) is 5. The quantitative estimate of drug-likeness (QED) is 0.874. The zero-order valence-corrected chi connectivity index (χ0v) is 12.5. The fraction of sp³-hybridized carbons (Fsp3) is 0.714. The maximum atomic E-state index is 4.54. The lowest BCUT2D eigenvalue weighted by atomic mass is 10.1. The number of nitrogens with one attached hydrogen (secondary N) is 1. The topological polar surface area (TPSA) is 44.3 Å². The van der Waals surface area contributed by atoms with Gasteiger partial charge in [-0.3, -0.25) is 0 Å². The predicted molar refractivity (Wildman–Crippen MR) is 79.9 cm³/mol. The summed E-state index contributed by atoms with van der Waals surface area (Å²) in [6, 6.07) is 0.627. The number of nitrogens with zero attached hydrogens (tertiary/aromatic N) is 4. The van der Waals surface area contributed by atoms with Gasteiger partial charge in [-0.2, -0.15) is 0 Å². The predicted octanol–water partition coefficient (Wildman–Crippen LogP) is 1.61. The molecule has 1 saturated heterocycles. The summed E-state index contributed by atoms with van der Waals surface area (Å²) >= 11 is 0. The fourth-order valence-electron chi connectivity index (χ4n) is 2.73. The Balaban J connectivity index is 2.24. The minimum Gasteiger partial charge on any atom is -0.373 e. The van der Waals surface area contributed by atoms with E-state index in [4.69, 9.17) is 0 Å². The van der Waals surface area contributed by atoms with Crippen LogP contribution in [0.25, 0.3) is 0 Å². The molecular weight excluding hydrogens is 238 g/mol. The first-order valence-electron chi connectivity index (χ1n) is 7.10. The van der Waals surface area contributed by atoms with Gasteiger partial charge in [0.05, 0.1) is 0 Å². The highest BCUT2D eigenvalue weighted by molar-refractivity contribution is 5.59. The molecule has 1 fully saturated rings. The van der Waals surface area contributed by atoms with Crippen molar-refractivity contribution in [1.82, 2.24) is 14.9 Å². The standard InChI is InChI=1S/C14H25N5/c1-5-6-12-13(15-2)16-10-17-14(12)19-8-7-11(9-19)18(3)4/h10-11H,5-9H2,1-4H3,(H,15,16,17). The first kappa shape index (κ1) is 14.1. The fourth-order valence-corrected chi connectivity index (χ4v) is 2.73. The molecule has 0 aliphatic carbocycles. The summed E-state index contributed by atoms with van der Waals surface area (Å²) in [7, 11) is 6.23. The highest BCUT2D eigenvalue weighted by Crippen LogP contribution is 2.28. The molecule has 5 nitrogen and oxygen atoms in total. The van der Waals surface area contributed by atoms with E-state index in [9.17, 15) is 0 Å². The molecule has 2 rings (SSSR count). The maximum absolute atomic E-state index is 4.54. The van der Waals surface area contributed by atoms with Crippen molar-refractivity contribution in [2.75, 3.05) is 44.4 Å². The molecule has 2 heterocycles. The highest BCUT2D eigenvalue weighted by Gasteiger charge is 2.27. The van der Waals surface area contributed by atoms with Gasteiger partial charge < -0.3 is 15.1 Å². The zero-order valence-electron chi connectivity index (χ0n) is 12.5. The molecule has 0 spiro atoms. The van der Waals surface area contributed by atoms with Crippen molar-refractivity contribution < 1.29 is 0 Å². The van der Waals surface area contributed by atoms with Gasteiger partial charge in [0.2, 0.25) is 0 Å². The summed E-state index contributed by atoms with van der Waals surface area (Å²) < 4.78 is 0. The Hall–Kier alpha value is -1.36. The lowest BCUT2D eigenvalue weighted by Crippen LogP contribution is -2.32. The minimum absolute atomic E-state index is 0.627. The average molecular weight is 263 g/mol. The van der Waals surface area contributed by atoms with Gasteiger partial charge in [0.15, 0.2) is 0 Å². The average Bonchev–Trinajstić information content (AvgIpc) is 2.89. The molecule has 0 saturated carbocycles. The Morgan fingerprint density at radius 2 is 2.21 bits per heavy atom. The van der Waals surface area contributed by atoms with Gasteiger partial charge in [-0.1, -0.05) is 13.3 Å². The van der Waals surface area contributed by atoms with Crippen LogP contribution in [0.3, 0.4) is 0 Å². The highest BCUT2D eigenvalue weighted by atomic mass is 15.3. The van der Waals surface area contributed by atoms with E-state index in [1.807, 2.05) is 7.05 Å². The van der Waals surface area contributed by atoms with Crippen molar-refractivity contribution in [3.05, 3.63) is 11.9 Å². The van der Waals surface area contributed by atoms with Crippen LogP contribution >= 0.6 is 0 Å². The Kier molecular flexibility index (Phi) is 4.58. The van der Waals surface area contributed by atoms with E-state index < -0.39 is 0 Å². The molecule has 1 aromatic rings. The van der Waals surface area contributed by atoms with E-state index in [1.165, 1.54) is 12.0 Å². The van der Waals surface area contributed by atoms with E-state index in [2.05, 4.69) is 46.1 Å². The Labute approximate surface area is 116 Å². The molecule has 0 amide bonds. The largest absolute Gasteiger partial charge is 0.373 e. The molecule has 1 atom stereocenters. The summed E-state index contributed by atoms with van der Waals surface area (Å²) in [6.45, 7) is 4.34. The monoisotopic (exact) mass is 263 g/mol. The Morgan fingerprint density at radius 3 is 2.79 bits per heavy atom. The third kappa shape index (κ3) is 2.97. The van der Waals surface area contributed by atoms with E-state index in [-0.39, 0.29) is 0 Å².